The van der Waals surface area contributed by atoms with Gasteiger partial charge >= 0.3 is 0 Å². The van der Waals surface area contributed by atoms with E-state index in [1.807, 2.05) is 68.6 Å². The van der Waals surface area contributed by atoms with Crippen LogP contribution in [0.25, 0.3) is 16.9 Å². The quantitative estimate of drug-likeness (QED) is 0.203. The SMILES string of the molecule is Cc1cc(C)nc(SCC(=O)N/N=C\c2cn(-c3ccccc3)nc2-c2cccnc2)n1. The molecule has 0 bridgehead atoms. The fraction of sp³-hybridized carbons (Fsp3) is 0.130. The van der Waals surface area contributed by atoms with Crippen molar-refractivity contribution in [3.63, 3.8) is 0 Å². The van der Waals surface area contributed by atoms with Crippen LogP contribution in [0.3, 0.4) is 0 Å². The van der Waals surface area contributed by atoms with Crippen molar-refractivity contribution in [1.82, 2.24) is 30.2 Å². The summed E-state index contributed by atoms with van der Waals surface area (Å²) in [5.74, 6) is -0.0775. The van der Waals surface area contributed by atoms with Crippen molar-refractivity contribution in [3.8, 4) is 16.9 Å². The van der Waals surface area contributed by atoms with Crippen LogP contribution < -0.4 is 5.43 Å². The van der Waals surface area contributed by atoms with Gasteiger partial charge in [-0.15, -0.1) is 0 Å². The molecule has 32 heavy (non-hydrogen) atoms. The summed E-state index contributed by atoms with van der Waals surface area (Å²) >= 11 is 1.27. The van der Waals surface area contributed by atoms with Crippen LogP contribution in [0.15, 0.2) is 77.4 Å². The summed E-state index contributed by atoms with van der Waals surface area (Å²) in [5.41, 5.74) is 7.56. The molecule has 0 aliphatic carbocycles. The van der Waals surface area contributed by atoms with Crippen LogP contribution in [0.4, 0.5) is 0 Å². The van der Waals surface area contributed by atoms with Crippen molar-refractivity contribution in [3.05, 3.63) is 84.1 Å². The number of aromatic nitrogens is 5. The Morgan fingerprint density at radius 2 is 1.91 bits per heavy atom. The van der Waals surface area contributed by atoms with E-state index < -0.39 is 0 Å². The van der Waals surface area contributed by atoms with Gasteiger partial charge < -0.3 is 0 Å². The molecule has 0 aliphatic heterocycles. The second kappa shape index (κ2) is 9.97. The Morgan fingerprint density at radius 3 is 2.62 bits per heavy atom. The smallest absolute Gasteiger partial charge is 0.250 e. The monoisotopic (exact) mass is 443 g/mol. The Bertz CT molecular complexity index is 1220. The Balaban J connectivity index is 1.47. The molecule has 0 atom stereocenters. The molecule has 4 aromatic rings. The molecular formula is C23H21N7OS. The van der Waals surface area contributed by atoms with Crippen molar-refractivity contribution >= 4 is 23.9 Å². The lowest BCUT2D eigenvalue weighted by Gasteiger charge is -2.02. The molecule has 8 nitrogen and oxygen atoms in total. The molecule has 1 N–H and O–H groups in total. The zero-order chi connectivity index (χ0) is 22.3. The van der Waals surface area contributed by atoms with Crippen LogP contribution >= 0.6 is 11.8 Å². The van der Waals surface area contributed by atoms with Gasteiger partial charge in [0.05, 0.1) is 17.7 Å². The van der Waals surface area contributed by atoms with Crippen molar-refractivity contribution in [1.29, 1.82) is 0 Å². The van der Waals surface area contributed by atoms with E-state index in [1.54, 1.807) is 23.3 Å². The third-order valence-corrected chi connectivity index (χ3v) is 5.23. The first-order valence-corrected chi connectivity index (χ1v) is 10.9. The van der Waals surface area contributed by atoms with Crippen LogP contribution in [-0.4, -0.2) is 42.6 Å². The summed E-state index contributed by atoms with van der Waals surface area (Å²) < 4.78 is 1.78. The number of hydrogen-bond acceptors (Lipinski definition) is 7. The zero-order valence-corrected chi connectivity index (χ0v) is 18.5. The largest absolute Gasteiger partial charge is 0.272 e. The van der Waals surface area contributed by atoms with E-state index >= 15 is 0 Å². The maximum Gasteiger partial charge on any atom is 0.250 e. The highest BCUT2D eigenvalue weighted by molar-refractivity contribution is 7.99. The average Bonchev–Trinajstić information content (AvgIpc) is 3.22. The lowest BCUT2D eigenvalue weighted by atomic mass is 10.1. The van der Waals surface area contributed by atoms with Crippen molar-refractivity contribution in [2.24, 2.45) is 5.10 Å². The van der Waals surface area contributed by atoms with E-state index in [-0.39, 0.29) is 11.7 Å². The Kier molecular flexibility index (Phi) is 6.66. The van der Waals surface area contributed by atoms with E-state index in [2.05, 4.69) is 25.5 Å². The molecule has 0 spiro atoms. The second-order valence-corrected chi connectivity index (χ2v) is 7.91. The van der Waals surface area contributed by atoms with Gasteiger partial charge in [0.15, 0.2) is 5.16 Å². The topological polar surface area (TPSA) is 98.0 Å². The molecule has 3 aromatic heterocycles. The number of nitrogens with zero attached hydrogens (tertiary/aromatic N) is 6. The first-order valence-electron chi connectivity index (χ1n) is 9.91. The zero-order valence-electron chi connectivity index (χ0n) is 17.6. The Hall–Kier alpha value is -3.85. The third kappa shape index (κ3) is 5.44. The van der Waals surface area contributed by atoms with Gasteiger partial charge in [0.2, 0.25) is 0 Å². The lowest BCUT2D eigenvalue weighted by Crippen LogP contribution is -2.19. The first kappa shape index (κ1) is 21.4. The number of pyridine rings is 1. The lowest BCUT2D eigenvalue weighted by molar-refractivity contribution is -0.118. The van der Waals surface area contributed by atoms with Crippen molar-refractivity contribution < 1.29 is 4.79 Å². The number of hydrogen-bond donors (Lipinski definition) is 1. The number of para-hydroxylation sites is 1. The molecule has 0 saturated heterocycles. The number of carbonyl (C=O) groups excluding carboxylic acids is 1. The predicted molar refractivity (Wildman–Crippen MR) is 125 cm³/mol. The maximum absolute atomic E-state index is 12.2. The minimum absolute atomic E-state index is 0.166. The van der Waals surface area contributed by atoms with E-state index in [1.165, 1.54) is 11.8 Å². The molecule has 0 fully saturated rings. The normalized spacial score (nSPS) is 11.1. The molecule has 9 heteroatoms. The highest BCUT2D eigenvalue weighted by atomic mass is 32.2. The van der Waals surface area contributed by atoms with Gasteiger partial charge in [-0.2, -0.15) is 10.2 Å². The number of aryl methyl sites for hydroxylation is 2. The second-order valence-electron chi connectivity index (χ2n) is 6.97. The predicted octanol–water partition coefficient (Wildman–Crippen LogP) is 3.58. The molecule has 0 unspecified atom stereocenters. The first-order chi connectivity index (χ1) is 15.6. The van der Waals surface area contributed by atoms with Crippen LogP contribution in [0, 0.1) is 13.8 Å². The molecule has 0 aliphatic rings. The van der Waals surface area contributed by atoms with Crippen LogP contribution in [0.5, 0.6) is 0 Å². The molecule has 0 saturated carbocycles. The summed E-state index contributed by atoms with van der Waals surface area (Å²) in [7, 11) is 0. The van der Waals surface area contributed by atoms with Gasteiger partial charge in [-0.25, -0.2) is 20.1 Å². The highest BCUT2D eigenvalue weighted by Gasteiger charge is 2.11. The average molecular weight is 444 g/mol. The van der Waals surface area contributed by atoms with Crippen molar-refractivity contribution in [2.45, 2.75) is 19.0 Å². The number of nitrogens with one attached hydrogen (secondary N) is 1. The van der Waals surface area contributed by atoms with Gasteiger partial charge in [-0.05, 0) is 44.2 Å². The van der Waals surface area contributed by atoms with E-state index in [0.29, 0.717) is 5.16 Å². The maximum atomic E-state index is 12.2. The Labute approximate surface area is 189 Å². The number of carbonyl (C=O) groups is 1. The molecule has 1 aromatic carbocycles. The number of thioether (sulfide) groups is 1. The Morgan fingerprint density at radius 1 is 1.12 bits per heavy atom. The summed E-state index contributed by atoms with van der Waals surface area (Å²) in [6.07, 6.45) is 6.91. The summed E-state index contributed by atoms with van der Waals surface area (Å²) in [4.78, 5) is 25.1. The van der Waals surface area contributed by atoms with Crippen LogP contribution in [0.2, 0.25) is 0 Å². The molecule has 160 valence electrons. The van der Waals surface area contributed by atoms with Gasteiger partial charge in [0.1, 0.15) is 5.69 Å². The van der Waals surface area contributed by atoms with E-state index in [4.69, 9.17) is 5.10 Å². The molecular weight excluding hydrogens is 422 g/mol. The molecule has 4 rings (SSSR count). The van der Waals surface area contributed by atoms with Crippen LogP contribution in [-0.2, 0) is 4.79 Å². The molecule has 1 amide bonds. The summed E-state index contributed by atoms with van der Waals surface area (Å²) in [5, 5.41) is 9.40. The van der Waals surface area contributed by atoms with E-state index in [0.717, 1.165) is 33.9 Å². The van der Waals surface area contributed by atoms with Gasteiger partial charge in [-0.1, -0.05) is 30.0 Å². The fourth-order valence-electron chi connectivity index (χ4n) is 3.02. The fourth-order valence-corrected chi connectivity index (χ4v) is 3.76. The van der Waals surface area contributed by atoms with Crippen LogP contribution in [0.1, 0.15) is 17.0 Å². The van der Waals surface area contributed by atoms with Gasteiger partial charge in [0.25, 0.3) is 5.91 Å². The van der Waals surface area contributed by atoms with Crippen molar-refractivity contribution in [2.75, 3.05) is 5.75 Å². The standard InChI is InChI=1S/C23H21N7OS/c1-16-11-17(2)27-23(26-16)32-15-21(31)28-25-13-19-14-30(20-8-4-3-5-9-20)29-22(19)18-7-6-10-24-12-18/h3-14H,15H2,1-2H3,(H,28,31)/b25-13-. The molecule has 3 heterocycles. The summed E-state index contributed by atoms with van der Waals surface area (Å²) in [6.45, 7) is 3.80. The minimum atomic E-state index is -0.243. The van der Waals surface area contributed by atoms with E-state index in [9.17, 15) is 4.79 Å². The van der Waals surface area contributed by atoms with Gasteiger partial charge in [0, 0.05) is 41.1 Å². The number of amides is 1. The summed E-state index contributed by atoms with van der Waals surface area (Å²) in [6, 6.07) is 15.5. The third-order valence-electron chi connectivity index (χ3n) is 4.39. The number of hydrazone groups is 1. The number of rotatable bonds is 7. The van der Waals surface area contributed by atoms with Gasteiger partial charge in [-0.3, -0.25) is 9.78 Å². The highest BCUT2D eigenvalue weighted by Crippen LogP contribution is 2.21. The molecule has 0 radical (unpaired) electrons. The number of benzene rings is 1. The minimum Gasteiger partial charge on any atom is -0.272 e.